The minimum absolute atomic E-state index is 0.152. The maximum absolute atomic E-state index is 10.3. The Morgan fingerprint density at radius 3 is 2.50 bits per heavy atom. The van der Waals surface area contributed by atoms with Gasteiger partial charge in [-0.3, -0.25) is 4.79 Å². The summed E-state index contributed by atoms with van der Waals surface area (Å²) in [5, 5.41) is 2.41. The maximum Gasteiger partial charge on any atom is 0.234 e. The molecule has 0 aromatic heterocycles. The summed E-state index contributed by atoms with van der Waals surface area (Å²) in [7, 11) is 0. The van der Waals surface area contributed by atoms with Crippen molar-refractivity contribution < 1.29 is 4.79 Å². The van der Waals surface area contributed by atoms with Crippen molar-refractivity contribution in [3.63, 3.8) is 0 Å². The quantitative estimate of drug-likeness (QED) is 0.417. The van der Waals surface area contributed by atoms with Gasteiger partial charge in [0.25, 0.3) is 0 Å². The van der Waals surface area contributed by atoms with Crippen molar-refractivity contribution in [1.29, 1.82) is 0 Å². The first-order chi connectivity index (χ1) is 3.66. The van der Waals surface area contributed by atoms with Crippen molar-refractivity contribution in [3.05, 3.63) is 0 Å². The van der Waals surface area contributed by atoms with Gasteiger partial charge in [0.1, 0.15) is 0 Å². The van der Waals surface area contributed by atoms with E-state index in [9.17, 15) is 4.79 Å². The largest absolute Gasteiger partial charge is 0.320 e. The van der Waals surface area contributed by atoms with Crippen LogP contribution in [0.15, 0.2) is 0 Å². The molecular formula is C4H7NOS2. The SMILES string of the molecule is CC(=S)NC(=O)CS. The minimum Gasteiger partial charge on any atom is -0.320 e. The van der Waals surface area contributed by atoms with Gasteiger partial charge in [0.15, 0.2) is 0 Å². The Morgan fingerprint density at radius 2 is 2.38 bits per heavy atom. The Hall–Kier alpha value is -0.0900. The monoisotopic (exact) mass is 149 g/mol. The van der Waals surface area contributed by atoms with Gasteiger partial charge in [-0.25, -0.2) is 0 Å². The van der Waals surface area contributed by atoms with Crippen LogP contribution in [0.4, 0.5) is 0 Å². The molecule has 0 radical (unpaired) electrons. The summed E-state index contributed by atoms with van der Waals surface area (Å²) in [6.07, 6.45) is 0. The standard InChI is InChI=1S/C4H7NOS2/c1-3(8)5-4(6)2-7/h7H,2H2,1H3,(H,5,6,8). The number of hydrogen-bond acceptors (Lipinski definition) is 3. The van der Waals surface area contributed by atoms with Crippen molar-refractivity contribution in [1.82, 2.24) is 5.32 Å². The van der Waals surface area contributed by atoms with E-state index >= 15 is 0 Å². The Bertz CT molecular complexity index is 113. The van der Waals surface area contributed by atoms with Crippen molar-refractivity contribution in [2.45, 2.75) is 6.92 Å². The first-order valence-corrected chi connectivity index (χ1v) is 3.12. The Labute approximate surface area is 59.1 Å². The molecule has 0 aromatic carbocycles. The molecule has 1 N–H and O–H groups in total. The van der Waals surface area contributed by atoms with Crippen LogP contribution >= 0.6 is 24.8 Å². The molecule has 0 fully saturated rings. The second-order valence-corrected chi connectivity index (χ2v) is 2.19. The lowest BCUT2D eigenvalue weighted by molar-refractivity contribution is -0.117. The summed E-state index contributed by atoms with van der Waals surface area (Å²) in [5.74, 6) is 0.0365. The van der Waals surface area contributed by atoms with Crippen LogP contribution in [-0.4, -0.2) is 16.6 Å². The van der Waals surface area contributed by atoms with Crippen LogP contribution in [0.3, 0.4) is 0 Å². The number of thiol groups is 1. The topological polar surface area (TPSA) is 29.1 Å². The number of amides is 1. The van der Waals surface area contributed by atoms with Crippen molar-refractivity contribution >= 4 is 35.7 Å². The molecule has 2 nitrogen and oxygen atoms in total. The summed E-state index contributed by atoms with van der Waals surface area (Å²) < 4.78 is 0. The highest BCUT2D eigenvalue weighted by atomic mass is 32.1. The van der Waals surface area contributed by atoms with Crippen LogP contribution in [0, 0.1) is 0 Å². The van der Waals surface area contributed by atoms with Gasteiger partial charge >= 0.3 is 0 Å². The fraction of sp³-hybridized carbons (Fsp3) is 0.500. The maximum atomic E-state index is 10.3. The van der Waals surface area contributed by atoms with Gasteiger partial charge in [0.2, 0.25) is 5.91 Å². The Kier molecular flexibility index (Phi) is 3.81. The molecule has 0 aliphatic rings. The number of nitrogens with one attached hydrogen (secondary N) is 1. The predicted molar refractivity (Wildman–Crippen MR) is 40.3 cm³/mol. The zero-order chi connectivity index (χ0) is 6.57. The van der Waals surface area contributed by atoms with Crippen LogP contribution in [0.2, 0.25) is 0 Å². The Morgan fingerprint density at radius 1 is 1.88 bits per heavy atom. The average molecular weight is 149 g/mol. The average Bonchev–Trinajstić information content (AvgIpc) is 1.65. The van der Waals surface area contributed by atoms with E-state index in [-0.39, 0.29) is 11.7 Å². The zero-order valence-electron chi connectivity index (χ0n) is 4.47. The molecule has 0 atom stereocenters. The molecule has 1 amide bonds. The van der Waals surface area contributed by atoms with E-state index in [0.717, 1.165) is 0 Å². The fourth-order valence-corrected chi connectivity index (χ4v) is 0.429. The summed E-state index contributed by atoms with van der Waals surface area (Å²) in [4.78, 5) is 10.8. The molecular weight excluding hydrogens is 142 g/mol. The van der Waals surface area contributed by atoms with E-state index in [2.05, 4.69) is 30.2 Å². The van der Waals surface area contributed by atoms with Crippen LogP contribution in [0.5, 0.6) is 0 Å². The van der Waals surface area contributed by atoms with Gasteiger partial charge in [-0.1, -0.05) is 12.2 Å². The highest BCUT2D eigenvalue weighted by Crippen LogP contribution is 1.73. The Balaban J connectivity index is 3.40. The zero-order valence-corrected chi connectivity index (χ0v) is 6.18. The van der Waals surface area contributed by atoms with E-state index in [1.165, 1.54) is 0 Å². The lowest BCUT2D eigenvalue weighted by Gasteiger charge is -1.95. The van der Waals surface area contributed by atoms with Crippen LogP contribution in [0.25, 0.3) is 0 Å². The molecule has 4 heteroatoms. The molecule has 0 unspecified atom stereocenters. The number of thiocarbonyl (C=S) groups is 1. The van der Waals surface area contributed by atoms with Crippen LogP contribution < -0.4 is 5.32 Å². The van der Waals surface area contributed by atoms with Gasteiger partial charge in [-0.15, -0.1) is 0 Å². The van der Waals surface area contributed by atoms with Gasteiger partial charge in [0, 0.05) is 0 Å². The summed E-state index contributed by atoms with van der Waals surface area (Å²) in [5.41, 5.74) is 0. The van der Waals surface area contributed by atoms with Crippen LogP contribution in [0.1, 0.15) is 6.92 Å². The van der Waals surface area contributed by atoms with Crippen molar-refractivity contribution in [3.8, 4) is 0 Å². The first kappa shape index (κ1) is 7.91. The number of carbonyl (C=O) groups excluding carboxylic acids is 1. The molecule has 0 bridgehead atoms. The second kappa shape index (κ2) is 3.86. The first-order valence-electron chi connectivity index (χ1n) is 2.08. The van der Waals surface area contributed by atoms with Gasteiger partial charge in [-0.2, -0.15) is 12.6 Å². The normalized spacial score (nSPS) is 8.25. The highest BCUT2D eigenvalue weighted by molar-refractivity contribution is 7.81. The molecule has 0 rings (SSSR count). The molecule has 0 aliphatic heterocycles. The second-order valence-electron chi connectivity index (χ2n) is 1.26. The molecule has 0 aromatic rings. The molecule has 0 heterocycles. The van der Waals surface area contributed by atoms with Crippen molar-refractivity contribution in [2.75, 3.05) is 5.75 Å². The molecule has 0 spiro atoms. The molecule has 0 aliphatic carbocycles. The van der Waals surface area contributed by atoms with E-state index in [4.69, 9.17) is 0 Å². The number of rotatable bonds is 1. The third-order valence-electron chi connectivity index (χ3n) is 0.459. The van der Waals surface area contributed by atoms with E-state index < -0.39 is 0 Å². The van der Waals surface area contributed by atoms with Gasteiger partial charge < -0.3 is 5.32 Å². The lowest BCUT2D eigenvalue weighted by Crippen LogP contribution is -2.27. The number of hydrogen-bond donors (Lipinski definition) is 2. The fourth-order valence-electron chi connectivity index (χ4n) is 0.236. The number of carbonyl (C=O) groups is 1. The van der Waals surface area contributed by atoms with E-state index in [1.54, 1.807) is 6.92 Å². The van der Waals surface area contributed by atoms with Gasteiger partial charge in [-0.05, 0) is 6.92 Å². The predicted octanol–water partition coefficient (Wildman–Crippen LogP) is 0.380. The molecule has 0 saturated carbocycles. The molecule has 46 valence electrons. The highest BCUT2D eigenvalue weighted by Gasteiger charge is 1.94. The summed E-state index contributed by atoms with van der Waals surface area (Å²) in [6.45, 7) is 1.65. The van der Waals surface area contributed by atoms with Crippen LogP contribution in [-0.2, 0) is 4.79 Å². The lowest BCUT2D eigenvalue weighted by atomic mass is 10.6. The minimum atomic E-state index is -0.152. The van der Waals surface area contributed by atoms with E-state index in [1.807, 2.05) is 0 Å². The molecule has 0 saturated heterocycles. The van der Waals surface area contributed by atoms with Gasteiger partial charge in [0.05, 0.1) is 10.7 Å². The molecule has 8 heavy (non-hydrogen) atoms. The summed E-state index contributed by atoms with van der Waals surface area (Å²) in [6, 6.07) is 0. The van der Waals surface area contributed by atoms with E-state index in [0.29, 0.717) is 4.99 Å². The smallest absolute Gasteiger partial charge is 0.234 e. The van der Waals surface area contributed by atoms with Crippen molar-refractivity contribution in [2.24, 2.45) is 0 Å². The summed E-state index contributed by atoms with van der Waals surface area (Å²) >= 11 is 8.29. The third kappa shape index (κ3) is 4.08. The third-order valence-corrected chi connectivity index (χ3v) is 0.848.